The highest BCUT2D eigenvalue weighted by molar-refractivity contribution is 7.92. The molecule has 0 spiro atoms. The fraction of sp³-hybridized carbons (Fsp3) is 0.345. The minimum absolute atomic E-state index is 0.0707. The summed E-state index contributed by atoms with van der Waals surface area (Å²) in [5.74, 6) is -0.0623. The summed E-state index contributed by atoms with van der Waals surface area (Å²) in [6.45, 7) is 5.07. The van der Waals surface area contributed by atoms with Crippen LogP contribution < -0.4 is 9.46 Å². The second-order valence-electron chi connectivity index (χ2n) is 10.2. The van der Waals surface area contributed by atoms with Gasteiger partial charge in [0.2, 0.25) is 0 Å². The lowest BCUT2D eigenvalue weighted by atomic mass is 9.99. The molecule has 0 saturated carbocycles. The maximum absolute atomic E-state index is 13.7. The number of carbonyl (C=O) groups is 1. The fourth-order valence-electron chi connectivity index (χ4n) is 4.64. The number of nitrogens with one attached hydrogen (secondary N) is 1. The molecule has 0 radical (unpaired) electrons. The molecule has 0 unspecified atom stereocenters. The van der Waals surface area contributed by atoms with E-state index in [-0.39, 0.29) is 40.7 Å². The minimum atomic E-state index is -3.86. The molecule has 3 atom stereocenters. The van der Waals surface area contributed by atoms with E-state index in [2.05, 4.69) is 9.62 Å². The number of carbonyl (C=O) groups excluding carboxylic acids is 1. The van der Waals surface area contributed by atoms with Crippen LogP contribution in [0.1, 0.15) is 29.8 Å². The summed E-state index contributed by atoms with van der Waals surface area (Å²) in [5, 5.41) is 10.9. The molecule has 214 valence electrons. The highest BCUT2D eigenvalue weighted by Crippen LogP contribution is 2.32. The maximum atomic E-state index is 13.7. The van der Waals surface area contributed by atoms with Gasteiger partial charge in [-0.2, -0.15) is 0 Å². The van der Waals surface area contributed by atoms with Gasteiger partial charge in [-0.3, -0.25) is 14.4 Å². The molecule has 4 rings (SSSR count). The third-order valence-corrected chi connectivity index (χ3v) is 9.03. The first-order valence-corrected chi connectivity index (χ1v) is 15.1. The van der Waals surface area contributed by atoms with E-state index in [0.29, 0.717) is 35.4 Å². The number of hydrogen-bond acceptors (Lipinski definition) is 6. The van der Waals surface area contributed by atoms with Crippen molar-refractivity contribution in [1.82, 2.24) is 9.80 Å². The molecule has 40 heavy (non-hydrogen) atoms. The molecule has 1 amide bonds. The highest BCUT2D eigenvalue weighted by Gasteiger charge is 2.33. The summed E-state index contributed by atoms with van der Waals surface area (Å²) >= 11 is 12.3. The second-order valence-corrected chi connectivity index (χ2v) is 12.7. The molecular weight excluding hydrogens is 573 g/mol. The van der Waals surface area contributed by atoms with Gasteiger partial charge < -0.3 is 14.7 Å². The monoisotopic (exact) mass is 605 g/mol. The van der Waals surface area contributed by atoms with Crippen LogP contribution in [0.15, 0.2) is 71.6 Å². The van der Waals surface area contributed by atoms with E-state index in [9.17, 15) is 18.3 Å². The Morgan fingerprint density at radius 1 is 1.10 bits per heavy atom. The number of anilines is 1. The first kappa shape index (κ1) is 30.1. The number of fused-ring (bicyclic) bond motifs is 1. The van der Waals surface area contributed by atoms with E-state index in [1.165, 1.54) is 18.2 Å². The largest absolute Gasteiger partial charge is 0.488 e. The Morgan fingerprint density at radius 3 is 2.50 bits per heavy atom. The van der Waals surface area contributed by atoms with E-state index < -0.39 is 16.1 Å². The first-order valence-electron chi connectivity index (χ1n) is 12.9. The Kier molecular flexibility index (Phi) is 9.64. The third-order valence-electron chi connectivity index (χ3n) is 6.90. The number of aliphatic hydroxyl groups excluding tert-OH is 1. The molecule has 0 fully saturated rings. The molecule has 8 nitrogen and oxygen atoms in total. The zero-order valence-corrected chi connectivity index (χ0v) is 24.9. The number of nitrogens with zero attached hydrogens (tertiary/aromatic N) is 2. The van der Waals surface area contributed by atoms with Crippen molar-refractivity contribution in [1.29, 1.82) is 0 Å². The van der Waals surface area contributed by atoms with Crippen LogP contribution in [0.3, 0.4) is 0 Å². The molecule has 0 bridgehead atoms. The predicted octanol–water partition coefficient (Wildman–Crippen LogP) is 5.15. The SMILES string of the molecule is C[C@@H]1CN([C@@H](C)CO)C(=O)c2cc(NS(=O)(=O)c3ccccc3)ccc2O[C@@H]1CN(C)Cc1ccc(Cl)c(Cl)c1. The Hall–Kier alpha value is -2.82. The zero-order chi connectivity index (χ0) is 29.0. The van der Waals surface area contributed by atoms with E-state index in [0.717, 1.165) is 5.56 Å². The molecule has 0 aromatic heterocycles. The van der Waals surface area contributed by atoms with Gasteiger partial charge in [-0.05, 0) is 62.0 Å². The standard InChI is InChI=1S/C29H33Cl2N3O5S/c1-19-15-34(20(2)18-35)29(36)24-14-22(32-40(37,38)23-7-5-4-6-8-23)10-12-27(24)39-28(19)17-33(3)16-21-9-11-25(30)26(31)13-21/h4-14,19-20,28,32,35H,15-18H2,1-3H3/t19-,20+,28-/m1/s1. The summed E-state index contributed by atoms with van der Waals surface area (Å²) in [4.78, 5) is 17.5. The summed E-state index contributed by atoms with van der Waals surface area (Å²) in [7, 11) is -1.89. The van der Waals surface area contributed by atoms with E-state index in [4.69, 9.17) is 27.9 Å². The fourth-order valence-corrected chi connectivity index (χ4v) is 6.03. The van der Waals surface area contributed by atoms with Crippen LogP contribution in [0.25, 0.3) is 0 Å². The third kappa shape index (κ3) is 7.08. The normalized spacial score (nSPS) is 18.5. The lowest BCUT2D eigenvalue weighted by Gasteiger charge is -2.38. The lowest BCUT2D eigenvalue weighted by molar-refractivity contribution is 0.0341. The van der Waals surface area contributed by atoms with E-state index in [1.54, 1.807) is 48.2 Å². The number of hydrogen-bond donors (Lipinski definition) is 2. The van der Waals surface area contributed by atoms with Crippen molar-refractivity contribution in [3.63, 3.8) is 0 Å². The number of halogens is 2. The average Bonchev–Trinajstić information content (AvgIpc) is 2.93. The second kappa shape index (κ2) is 12.8. The summed E-state index contributed by atoms with van der Waals surface area (Å²) in [5.41, 5.74) is 1.45. The van der Waals surface area contributed by atoms with Crippen molar-refractivity contribution in [2.75, 3.05) is 31.5 Å². The molecule has 1 heterocycles. The molecule has 0 aliphatic carbocycles. The van der Waals surface area contributed by atoms with Crippen LogP contribution in [0.5, 0.6) is 5.75 Å². The Morgan fingerprint density at radius 2 is 1.82 bits per heavy atom. The molecular formula is C29H33Cl2N3O5S. The van der Waals surface area contributed by atoms with Crippen molar-refractivity contribution in [2.24, 2.45) is 5.92 Å². The molecule has 1 aliphatic rings. The first-order chi connectivity index (χ1) is 19.0. The molecule has 0 saturated heterocycles. The summed E-state index contributed by atoms with van der Waals surface area (Å²) in [6, 6.07) is 17.8. The van der Waals surface area contributed by atoms with Crippen LogP contribution in [0.2, 0.25) is 10.0 Å². The van der Waals surface area contributed by atoms with Crippen molar-refractivity contribution in [2.45, 2.75) is 37.4 Å². The van der Waals surface area contributed by atoms with Crippen LogP contribution in [-0.4, -0.2) is 68.1 Å². The van der Waals surface area contributed by atoms with Crippen LogP contribution in [0, 0.1) is 5.92 Å². The number of benzene rings is 3. The highest BCUT2D eigenvalue weighted by atomic mass is 35.5. The van der Waals surface area contributed by atoms with Crippen molar-refractivity contribution < 1.29 is 23.1 Å². The number of ether oxygens (including phenoxy) is 1. The number of amides is 1. The number of rotatable bonds is 9. The number of sulfonamides is 1. The van der Waals surface area contributed by atoms with Crippen LogP contribution in [0.4, 0.5) is 5.69 Å². The molecule has 3 aromatic carbocycles. The van der Waals surface area contributed by atoms with E-state index >= 15 is 0 Å². The minimum Gasteiger partial charge on any atom is -0.488 e. The van der Waals surface area contributed by atoms with E-state index in [1.807, 2.05) is 26.1 Å². The van der Waals surface area contributed by atoms with Gasteiger partial charge in [-0.25, -0.2) is 8.42 Å². The molecule has 1 aliphatic heterocycles. The van der Waals surface area contributed by atoms with Crippen LogP contribution >= 0.6 is 23.2 Å². The zero-order valence-electron chi connectivity index (χ0n) is 22.6. The van der Waals surface area contributed by atoms with Gasteiger partial charge >= 0.3 is 0 Å². The smallest absolute Gasteiger partial charge is 0.261 e. The van der Waals surface area contributed by atoms with Gasteiger partial charge in [0.15, 0.2) is 0 Å². The quantitative estimate of drug-likeness (QED) is 0.350. The van der Waals surface area contributed by atoms with Crippen molar-refractivity contribution in [3.05, 3.63) is 87.9 Å². The van der Waals surface area contributed by atoms with Gasteiger partial charge in [-0.1, -0.05) is 54.4 Å². The Balaban J connectivity index is 1.62. The molecule has 11 heteroatoms. The molecule has 3 aromatic rings. The van der Waals surface area contributed by atoms with Crippen LogP contribution in [-0.2, 0) is 16.6 Å². The van der Waals surface area contributed by atoms with Gasteiger partial charge in [0.25, 0.3) is 15.9 Å². The maximum Gasteiger partial charge on any atom is 0.261 e. The van der Waals surface area contributed by atoms with Gasteiger partial charge in [0, 0.05) is 31.2 Å². The topological polar surface area (TPSA) is 99.2 Å². The predicted molar refractivity (Wildman–Crippen MR) is 158 cm³/mol. The Bertz CT molecular complexity index is 1460. The van der Waals surface area contributed by atoms with Gasteiger partial charge in [0.1, 0.15) is 11.9 Å². The lowest BCUT2D eigenvalue weighted by Crippen LogP contribution is -2.49. The van der Waals surface area contributed by atoms with Gasteiger partial charge in [0.05, 0.1) is 33.2 Å². The number of likely N-dealkylation sites (N-methyl/N-ethyl adjacent to an activating group) is 1. The Labute approximate surface area is 245 Å². The van der Waals surface area contributed by atoms with Crippen molar-refractivity contribution >= 4 is 44.8 Å². The summed E-state index contributed by atoms with van der Waals surface area (Å²) < 4.78 is 34.8. The van der Waals surface area contributed by atoms with Crippen molar-refractivity contribution in [3.8, 4) is 5.75 Å². The molecule has 2 N–H and O–H groups in total. The average molecular weight is 607 g/mol. The number of aliphatic hydroxyl groups is 1. The van der Waals surface area contributed by atoms with Gasteiger partial charge in [-0.15, -0.1) is 0 Å². The summed E-state index contributed by atoms with van der Waals surface area (Å²) in [6.07, 6.45) is -0.306.